The molecule has 0 bridgehead atoms. The molecule has 4 heterocycles. The van der Waals surface area contributed by atoms with Crippen molar-refractivity contribution in [3.8, 4) is 0 Å². The van der Waals surface area contributed by atoms with Crippen LogP contribution in [0.25, 0.3) is 0 Å². The number of aromatic nitrogens is 4. The van der Waals surface area contributed by atoms with E-state index in [0.717, 1.165) is 63.0 Å². The first-order valence-electron chi connectivity index (χ1n) is 8.52. The fraction of sp³-hybridized carbons (Fsp3) is 0.625. The standard InChI is InChI=1S/C16H22N6O2/c1-5-17-11-18-14(1)19-13-2-6-22(7-3-13)9-15-20-16(24-21-15)12-4-8-23-10-12/h1,5,11-13H,2-4,6-10H2,(H,17,18,19). The molecule has 0 spiro atoms. The summed E-state index contributed by atoms with van der Waals surface area (Å²) in [6.07, 6.45) is 6.45. The van der Waals surface area contributed by atoms with Crippen LogP contribution >= 0.6 is 0 Å². The molecule has 2 fully saturated rings. The molecule has 0 aliphatic carbocycles. The summed E-state index contributed by atoms with van der Waals surface area (Å²) in [6, 6.07) is 2.35. The Morgan fingerprint density at radius 2 is 2.17 bits per heavy atom. The molecule has 1 unspecified atom stereocenters. The molecule has 0 amide bonds. The molecule has 2 aliphatic heterocycles. The van der Waals surface area contributed by atoms with Crippen molar-refractivity contribution in [2.75, 3.05) is 31.6 Å². The van der Waals surface area contributed by atoms with E-state index in [1.165, 1.54) is 0 Å². The van der Waals surface area contributed by atoms with Gasteiger partial charge in [0.25, 0.3) is 0 Å². The zero-order chi connectivity index (χ0) is 16.2. The van der Waals surface area contributed by atoms with Gasteiger partial charge in [-0.1, -0.05) is 5.16 Å². The van der Waals surface area contributed by atoms with E-state index >= 15 is 0 Å². The Morgan fingerprint density at radius 1 is 1.25 bits per heavy atom. The van der Waals surface area contributed by atoms with Crippen LogP contribution in [0.1, 0.15) is 36.9 Å². The Kier molecular flexibility index (Phi) is 4.66. The maximum Gasteiger partial charge on any atom is 0.232 e. The summed E-state index contributed by atoms with van der Waals surface area (Å²) in [6.45, 7) is 4.26. The van der Waals surface area contributed by atoms with Crippen LogP contribution in [0.3, 0.4) is 0 Å². The minimum absolute atomic E-state index is 0.272. The predicted octanol–water partition coefficient (Wildman–Crippen LogP) is 1.44. The molecule has 0 aromatic carbocycles. The highest BCUT2D eigenvalue weighted by Crippen LogP contribution is 2.24. The van der Waals surface area contributed by atoms with Crippen LogP contribution in [0.2, 0.25) is 0 Å². The van der Waals surface area contributed by atoms with Crippen LogP contribution in [-0.2, 0) is 11.3 Å². The summed E-state index contributed by atoms with van der Waals surface area (Å²) in [5.41, 5.74) is 0. The zero-order valence-electron chi connectivity index (χ0n) is 13.6. The lowest BCUT2D eigenvalue weighted by Crippen LogP contribution is -2.39. The van der Waals surface area contributed by atoms with Crippen molar-refractivity contribution in [3.63, 3.8) is 0 Å². The smallest absolute Gasteiger partial charge is 0.232 e. The zero-order valence-corrected chi connectivity index (χ0v) is 13.6. The summed E-state index contributed by atoms with van der Waals surface area (Å²) in [5, 5.41) is 7.59. The van der Waals surface area contributed by atoms with Gasteiger partial charge in [0, 0.05) is 31.9 Å². The van der Waals surface area contributed by atoms with E-state index in [4.69, 9.17) is 9.26 Å². The van der Waals surface area contributed by atoms with E-state index in [1.807, 2.05) is 6.07 Å². The summed E-state index contributed by atoms with van der Waals surface area (Å²) < 4.78 is 10.8. The maximum absolute atomic E-state index is 5.40. The highest BCUT2D eigenvalue weighted by Gasteiger charge is 2.25. The number of likely N-dealkylation sites (tertiary alicyclic amines) is 1. The number of hydrogen-bond acceptors (Lipinski definition) is 8. The highest BCUT2D eigenvalue weighted by atomic mass is 16.5. The second kappa shape index (κ2) is 7.23. The number of rotatable bonds is 5. The van der Waals surface area contributed by atoms with E-state index in [1.54, 1.807) is 12.5 Å². The summed E-state index contributed by atoms with van der Waals surface area (Å²) in [5.74, 6) is 2.67. The van der Waals surface area contributed by atoms with Gasteiger partial charge in [-0.3, -0.25) is 4.90 Å². The van der Waals surface area contributed by atoms with Gasteiger partial charge >= 0.3 is 0 Å². The van der Waals surface area contributed by atoms with Gasteiger partial charge in [0.05, 0.1) is 19.1 Å². The highest BCUT2D eigenvalue weighted by molar-refractivity contribution is 5.33. The second-order valence-electron chi connectivity index (χ2n) is 6.40. The largest absolute Gasteiger partial charge is 0.381 e. The molecular formula is C16H22N6O2. The first kappa shape index (κ1) is 15.5. The Morgan fingerprint density at radius 3 is 2.92 bits per heavy atom. The van der Waals surface area contributed by atoms with Gasteiger partial charge in [-0.2, -0.15) is 4.98 Å². The Bertz CT molecular complexity index is 635. The molecule has 8 nitrogen and oxygen atoms in total. The molecule has 1 atom stereocenters. The molecular weight excluding hydrogens is 308 g/mol. The second-order valence-corrected chi connectivity index (χ2v) is 6.40. The van der Waals surface area contributed by atoms with E-state index < -0.39 is 0 Å². The molecule has 1 N–H and O–H groups in total. The lowest BCUT2D eigenvalue weighted by molar-refractivity contribution is 0.189. The number of nitrogens with zero attached hydrogens (tertiary/aromatic N) is 5. The van der Waals surface area contributed by atoms with Crippen molar-refractivity contribution >= 4 is 5.82 Å². The molecule has 2 aliphatic rings. The molecule has 4 rings (SSSR count). The van der Waals surface area contributed by atoms with Gasteiger partial charge in [-0.15, -0.1) is 0 Å². The first-order valence-corrected chi connectivity index (χ1v) is 8.52. The van der Waals surface area contributed by atoms with Crippen LogP contribution in [0.5, 0.6) is 0 Å². The van der Waals surface area contributed by atoms with Crippen LogP contribution < -0.4 is 5.32 Å². The third-order valence-corrected chi connectivity index (χ3v) is 4.65. The van der Waals surface area contributed by atoms with Crippen LogP contribution in [-0.4, -0.2) is 57.4 Å². The van der Waals surface area contributed by atoms with Crippen molar-refractivity contribution in [3.05, 3.63) is 30.3 Å². The van der Waals surface area contributed by atoms with Gasteiger partial charge in [0.2, 0.25) is 5.89 Å². The average molecular weight is 330 g/mol. The van der Waals surface area contributed by atoms with Crippen LogP contribution in [0.15, 0.2) is 23.1 Å². The quantitative estimate of drug-likeness (QED) is 0.881. The SMILES string of the molecule is c1cc(NC2CCN(Cc3noc(C4CCOC4)n3)CC2)ncn1. The normalized spacial score (nSPS) is 22.8. The maximum atomic E-state index is 5.40. The Hall–Kier alpha value is -2.06. The van der Waals surface area contributed by atoms with Crippen LogP contribution in [0, 0.1) is 0 Å². The molecule has 128 valence electrons. The van der Waals surface area contributed by atoms with Gasteiger partial charge in [0.1, 0.15) is 12.1 Å². The topological polar surface area (TPSA) is 89.2 Å². The van der Waals surface area contributed by atoms with Gasteiger partial charge in [0.15, 0.2) is 5.82 Å². The Labute approximate surface area is 140 Å². The monoisotopic (exact) mass is 330 g/mol. The van der Waals surface area contributed by atoms with Crippen molar-refractivity contribution in [1.29, 1.82) is 0 Å². The van der Waals surface area contributed by atoms with E-state index in [2.05, 4.69) is 30.3 Å². The van der Waals surface area contributed by atoms with E-state index in [0.29, 0.717) is 12.6 Å². The molecule has 8 heteroatoms. The third kappa shape index (κ3) is 3.70. The first-order chi connectivity index (χ1) is 11.9. The molecule has 0 saturated carbocycles. The lowest BCUT2D eigenvalue weighted by atomic mass is 10.1. The van der Waals surface area contributed by atoms with Gasteiger partial charge in [-0.25, -0.2) is 9.97 Å². The number of ether oxygens (including phenoxy) is 1. The van der Waals surface area contributed by atoms with Crippen molar-refractivity contribution in [2.45, 2.75) is 37.8 Å². The fourth-order valence-electron chi connectivity index (χ4n) is 3.25. The number of nitrogens with one attached hydrogen (secondary N) is 1. The molecule has 2 aromatic rings. The molecule has 2 saturated heterocycles. The van der Waals surface area contributed by atoms with Crippen LogP contribution in [0.4, 0.5) is 5.82 Å². The number of hydrogen-bond donors (Lipinski definition) is 1. The van der Waals surface area contributed by atoms with Gasteiger partial charge in [-0.05, 0) is 25.3 Å². The third-order valence-electron chi connectivity index (χ3n) is 4.65. The van der Waals surface area contributed by atoms with Gasteiger partial charge < -0.3 is 14.6 Å². The summed E-state index contributed by atoms with van der Waals surface area (Å²) in [4.78, 5) is 15.1. The fourth-order valence-corrected chi connectivity index (χ4v) is 3.25. The van der Waals surface area contributed by atoms with Crippen molar-refractivity contribution in [2.24, 2.45) is 0 Å². The molecule has 2 aromatic heterocycles. The Balaban J connectivity index is 1.26. The number of anilines is 1. The predicted molar refractivity (Wildman–Crippen MR) is 86.4 cm³/mol. The molecule has 0 radical (unpaired) electrons. The lowest BCUT2D eigenvalue weighted by Gasteiger charge is -2.31. The minimum atomic E-state index is 0.272. The minimum Gasteiger partial charge on any atom is -0.381 e. The number of piperidine rings is 1. The van der Waals surface area contributed by atoms with Crippen molar-refractivity contribution < 1.29 is 9.26 Å². The van der Waals surface area contributed by atoms with E-state index in [9.17, 15) is 0 Å². The van der Waals surface area contributed by atoms with E-state index in [-0.39, 0.29) is 5.92 Å². The molecule has 24 heavy (non-hydrogen) atoms. The van der Waals surface area contributed by atoms with Crippen molar-refractivity contribution in [1.82, 2.24) is 25.0 Å². The average Bonchev–Trinajstić information content (AvgIpc) is 3.29. The summed E-state index contributed by atoms with van der Waals surface area (Å²) >= 11 is 0. The summed E-state index contributed by atoms with van der Waals surface area (Å²) in [7, 11) is 0.